The van der Waals surface area contributed by atoms with Crippen molar-refractivity contribution in [3.05, 3.63) is 0 Å². The van der Waals surface area contributed by atoms with Gasteiger partial charge in [0.25, 0.3) is 0 Å². The maximum atomic E-state index is 13.0. The fourth-order valence-electron chi connectivity index (χ4n) is 9.55. The Kier molecular flexibility index (Phi) is 56.4. The van der Waals surface area contributed by atoms with E-state index in [0.29, 0.717) is 25.7 Å². The van der Waals surface area contributed by atoms with Gasteiger partial charge in [-0.05, 0) is 31.6 Å². The predicted octanol–water partition coefficient (Wildman–Crippen LogP) is 17.8. The van der Waals surface area contributed by atoms with Gasteiger partial charge in [-0.25, -0.2) is 9.13 Å². The van der Waals surface area contributed by atoms with E-state index in [0.717, 1.165) is 115 Å². The lowest BCUT2D eigenvalue weighted by atomic mass is 9.99. The minimum Gasteiger partial charge on any atom is -0.462 e. The third-order valence-electron chi connectivity index (χ3n) is 15.1. The van der Waals surface area contributed by atoms with E-state index in [2.05, 4.69) is 34.6 Å². The third kappa shape index (κ3) is 57.6. The lowest BCUT2D eigenvalue weighted by Gasteiger charge is -2.21. The molecule has 0 radical (unpaired) electrons. The molecular weight excluding hydrogens is 1100 g/mol. The number of hydrogen-bond acceptors (Lipinski definition) is 15. The maximum absolute atomic E-state index is 13.0. The second kappa shape index (κ2) is 57.8. The molecule has 0 bridgehead atoms. The number of carbonyl (C=O) groups is 4. The van der Waals surface area contributed by atoms with Gasteiger partial charge in [-0.15, -0.1) is 0 Å². The number of carbonyl (C=O) groups excluding carboxylic acids is 4. The Morgan fingerprint density at radius 3 is 0.855 bits per heavy atom. The molecule has 492 valence electrons. The number of unbranched alkanes of at least 4 members (excludes halogenated alkanes) is 35. The zero-order valence-corrected chi connectivity index (χ0v) is 55.1. The number of esters is 4. The third-order valence-corrected chi connectivity index (χ3v) is 17.0. The second-order valence-corrected chi connectivity index (χ2v) is 26.3. The van der Waals surface area contributed by atoms with Gasteiger partial charge in [-0.3, -0.25) is 37.3 Å². The van der Waals surface area contributed by atoms with E-state index in [-0.39, 0.29) is 25.7 Å². The molecule has 0 aromatic carbocycles. The van der Waals surface area contributed by atoms with E-state index in [4.69, 9.17) is 37.0 Å². The topological polar surface area (TPSA) is 237 Å². The largest absolute Gasteiger partial charge is 0.472 e. The Hall–Kier alpha value is -1.94. The number of rotatable bonds is 64. The van der Waals surface area contributed by atoms with Crippen molar-refractivity contribution in [3.8, 4) is 0 Å². The number of hydrogen-bond donors (Lipinski definition) is 3. The van der Waals surface area contributed by atoms with Crippen LogP contribution in [0.2, 0.25) is 0 Å². The highest BCUT2D eigenvalue weighted by Crippen LogP contribution is 2.45. The minimum absolute atomic E-state index is 0.104. The molecule has 83 heavy (non-hydrogen) atoms. The quantitative estimate of drug-likeness (QED) is 0.0222. The highest BCUT2D eigenvalue weighted by Gasteiger charge is 2.30. The zero-order chi connectivity index (χ0) is 61.3. The SMILES string of the molecule is CCCCCCCCCCC(=O)OC[C@H](COP(=O)(O)OC[C@@H](O)COP(=O)(O)OC[C@@H](COC(=O)CCCCCCC)OC(=O)CCCCCCCCCC)OC(=O)CCCCCCCCCCCCCCCCCCCCC(C)CC. The van der Waals surface area contributed by atoms with Gasteiger partial charge in [-0.2, -0.15) is 0 Å². The molecule has 3 N–H and O–H groups in total. The molecule has 0 saturated carbocycles. The van der Waals surface area contributed by atoms with Gasteiger partial charge >= 0.3 is 39.5 Å². The molecule has 0 aromatic rings. The first kappa shape index (κ1) is 81.1. The number of aliphatic hydroxyl groups is 1. The summed E-state index contributed by atoms with van der Waals surface area (Å²) in [6.45, 7) is 7.11. The molecule has 0 saturated heterocycles. The summed E-state index contributed by atoms with van der Waals surface area (Å²) in [7, 11) is -9.87. The van der Waals surface area contributed by atoms with Crippen molar-refractivity contribution < 1.29 is 80.2 Å². The fraction of sp³-hybridized carbons (Fsp3) is 0.938. The number of aliphatic hydroxyl groups excluding tert-OH is 1. The summed E-state index contributed by atoms with van der Waals surface area (Å²) >= 11 is 0. The Morgan fingerprint density at radius 2 is 0.578 bits per heavy atom. The molecule has 19 heteroatoms. The smallest absolute Gasteiger partial charge is 0.462 e. The molecule has 0 heterocycles. The summed E-state index contributed by atoms with van der Waals surface area (Å²) in [4.78, 5) is 71.7. The van der Waals surface area contributed by atoms with Crippen LogP contribution in [0.4, 0.5) is 0 Å². The normalized spacial score (nSPS) is 14.6. The van der Waals surface area contributed by atoms with Crippen LogP contribution in [0.5, 0.6) is 0 Å². The van der Waals surface area contributed by atoms with Crippen LogP contribution in [0, 0.1) is 5.92 Å². The predicted molar refractivity (Wildman–Crippen MR) is 331 cm³/mol. The van der Waals surface area contributed by atoms with Gasteiger partial charge in [0, 0.05) is 25.7 Å². The van der Waals surface area contributed by atoms with E-state index in [1.54, 1.807) is 0 Å². The van der Waals surface area contributed by atoms with Crippen LogP contribution in [0.1, 0.15) is 324 Å². The average Bonchev–Trinajstić information content (AvgIpc) is 3.46. The Labute approximate surface area is 505 Å². The van der Waals surface area contributed by atoms with Crippen molar-refractivity contribution in [3.63, 3.8) is 0 Å². The van der Waals surface area contributed by atoms with Gasteiger partial charge < -0.3 is 33.8 Å². The van der Waals surface area contributed by atoms with E-state index < -0.39 is 97.5 Å². The number of ether oxygens (including phenoxy) is 4. The Bertz CT molecular complexity index is 1620. The van der Waals surface area contributed by atoms with Crippen LogP contribution < -0.4 is 0 Å². The summed E-state index contributed by atoms with van der Waals surface area (Å²) in [5.74, 6) is -1.28. The Morgan fingerprint density at radius 1 is 0.337 bits per heavy atom. The summed E-state index contributed by atoms with van der Waals surface area (Å²) in [5, 5.41) is 10.5. The van der Waals surface area contributed by atoms with Crippen LogP contribution in [0.25, 0.3) is 0 Å². The number of phosphoric ester groups is 2. The van der Waals surface area contributed by atoms with Crippen molar-refractivity contribution in [2.24, 2.45) is 5.92 Å². The van der Waals surface area contributed by atoms with Crippen LogP contribution in [-0.4, -0.2) is 96.7 Å². The molecule has 0 aromatic heterocycles. The molecule has 0 aliphatic heterocycles. The zero-order valence-electron chi connectivity index (χ0n) is 53.3. The molecule has 0 spiro atoms. The van der Waals surface area contributed by atoms with E-state index in [9.17, 15) is 43.2 Å². The van der Waals surface area contributed by atoms with Gasteiger partial charge in [0.05, 0.1) is 26.4 Å². The standard InChI is InChI=1S/C64H124O17P2/c1-6-10-13-16-18-33-38-43-48-62(67)75-54-60(81-64(69)50-45-40-35-31-29-27-25-23-21-20-22-24-26-28-30-32-37-41-46-57(5)9-4)56-79-83(72,73)77-52-58(65)51-76-82(70,71)78-55-59(53-74-61(66)47-42-36-15-12-8-3)80-63(68)49-44-39-34-19-17-14-11-7-2/h57-60,65H,6-56H2,1-5H3,(H,70,71)(H,72,73)/t57?,58-,59+,60+/m0/s1. The van der Waals surface area contributed by atoms with Crippen LogP contribution in [-0.2, 0) is 65.4 Å². The molecule has 0 amide bonds. The van der Waals surface area contributed by atoms with Crippen molar-refractivity contribution in [1.82, 2.24) is 0 Å². The van der Waals surface area contributed by atoms with Gasteiger partial charge in [0.2, 0.25) is 0 Å². The highest BCUT2D eigenvalue weighted by molar-refractivity contribution is 7.47. The summed E-state index contributed by atoms with van der Waals surface area (Å²) in [6.07, 6.45) is 42.3. The molecular formula is C64H124O17P2. The highest BCUT2D eigenvalue weighted by atomic mass is 31.2. The van der Waals surface area contributed by atoms with Crippen molar-refractivity contribution >= 4 is 39.5 Å². The van der Waals surface area contributed by atoms with Crippen molar-refractivity contribution in [2.75, 3.05) is 39.6 Å². The lowest BCUT2D eigenvalue weighted by Crippen LogP contribution is -2.30. The summed E-state index contributed by atoms with van der Waals surface area (Å²) < 4.78 is 67.6. The summed E-state index contributed by atoms with van der Waals surface area (Å²) in [6, 6.07) is 0. The first-order chi connectivity index (χ1) is 40.1. The fourth-order valence-corrected chi connectivity index (χ4v) is 11.1. The first-order valence-electron chi connectivity index (χ1n) is 33.7. The molecule has 0 aliphatic rings. The van der Waals surface area contributed by atoms with Crippen molar-refractivity contribution in [2.45, 2.75) is 342 Å². The molecule has 3 unspecified atom stereocenters. The van der Waals surface area contributed by atoms with Crippen LogP contribution in [0.3, 0.4) is 0 Å². The van der Waals surface area contributed by atoms with Crippen molar-refractivity contribution in [1.29, 1.82) is 0 Å². The van der Waals surface area contributed by atoms with E-state index >= 15 is 0 Å². The van der Waals surface area contributed by atoms with E-state index in [1.807, 2.05) is 0 Å². The minimum atomic E-state index is -4.94. The lowest BCUT2D eigenvalue weighted by molar-refractivity contribution is -0.161. The average molecular weight is 1230 g/mol. The number of phosphoric acid groups is 2. The van der Waals surface area contributed by atoms with Gasteiger partial charge in [0.15, 0.2) is 12.2 Å². The van der Waals surface area contributed by atoms with E-state index in [1.165, 1.54) is 128 Å². The monoisotopic (exact) mass is 1230 g/mol. The van der Waals surface area contributed by atoms with Gasteiger partial charge in [0.1, 0.15) is 19.3 Å². The van der Waals surface area contributed by atoms with Crippen LogP contribution >= 0.6 is 15.6 Å². The molecule has 6 atom stereocenters. The molecule has 0 fully saturated rings. The van der Waals surface area contributed by atoms with Gasteiger partial charge in [-0.1, -0.05) is 272 Å². The molecule has 0 aliphatic carbocycles. The second-order valence-electron chi connectivity index (χ2n) is 23.4. The summed E-state index contributed by atoms with van der Waals surface area (Å²) in [5.41, 5.74) is 0. The molecule has 0 rings (SSSR count). The maximum Gasteiger partial charge on any atom is 0.472 e. The first-order valence-corrected chi connectivity index (χ1v) is 36.7. The van der Waals surface area contributed by atoms with Crippen LogP contribution in [0.15, 0.2) is 0 Å². The Balaban J connectivity index is 5.00. The molecule has 17 nitrogen and oxygen atoms in total.